The molecule has 1 unspecified atom stereocenters. The minimum absolute atomic E-state index is 0. The van der Waals surface area contributed by atoms with Crippen LogP contribution >= 0.6 is 24.0 Å². The third kappa shape index (κ3) is 6.16. The van der Waals surface area contributed by atoms with Gasteiger partial charge in [-0.1, -0.05) is 19.3 Å². The molecule has 0 aromatic rings. The molecule has 0 saturated heterocycles. The van der Waals surface area contributed by atoms with Crippen LogP contribution in [0.4, 0.5) is 0 Å². The van der Waals surface area contributed by atoms with Crippen molar-refractivity contribution in [3.8, 4) is 0 Å². The molecule has 0 bridgehead atoms. The van der Waals surface area contributed by atoms with Gasteiger partial charge < -0.3 is 14.7 Å². The number of aliphatic imine (C=N–C) groups is 1. The van der Waals surface area contributed by atoms with Gasteiger partial charge in [0.05, 0.1) is 6.54 Å². The molecule has 20 heavy (non-hydrogen) atoms. The highest BCUT2D eigenvalue weighted by Crippen LogP contribution is 2.28. The van der Waals surface area contributed by atoms with Crippen LogP contribution in [0.15, 0.2) is 4.99 Å². The summed E-state index contributed by atoms with van der Waals surface area (Å²) < 4.78 is 0. The van der Waals surface area contributed by atoms with Gasteiger partial charge in [0, 0.05) is 34.2 Å². The fourth-order valence-electron chi connectivity index (χ4n) is 3.11. The van der Waals surface area contributed by atoms with Gasteiger partial charge in [-0.05, 0) is 32.9 Å². The molecule has 0 aromatic carbocycles. The molecular weight excluding hydrogens is 363 g/mol. The summed E-state index contributed by atoms with van der Waals surface area (Å²) in [6.07, 6.45) is 6.95. The lowest BCUT2D eigenvalue weighted by atomic mass is 9.83. The zero-order valence-corrected chi connectivity index (χ0v) is 16.4. The van der Waals surface area contributed by atoms with Crippen molar-refractivity contribution in [3.63, 3.8) is 0 Å². The fraction of sp³-hybridized carbons (Fsp3) is 0.933. The summed E-state index contributed by atoms with van der Waals surface area (Å²) in [5, 5.41) is 0. The average Bonchev–Trinajstić information content (AvgIpc) is 2.34. The highest BCUT2D eigenvalue weighted by atomic mass is 127. The van der Waals surface area contributed by atoms with Crippen LogP contribution in [-0.4, -0.2) is 75.5 Å². The van der Waals surface area contributed by atoms with E-state index in [1.807, 2.05) is 0 Å². The van der Waals surface area contributed by atoms with Crippen molar-refractivity contribution in [2.24, 2.45) is 10.9 Å². The molecule has 4 nitrogen and oxygen atoms in total. The molecule has 0 aliphatic heterocycles. The highest BCUT2D eigenvalue weighted by Gasteiger charge is 2.25. The Morgan fingerprint density at radius 2 is 1.45 bits per heavy atom. The van der Waals surface area contributed by atoms with Gasteiger partial charge in [-0.3, -0.25) is 4.99 Å². The Kier molecular flexibility index (Phi) is 9.80. The quantitative estimate of drug-likeness (QED) is 0.414. The Balaban J connectivity index is 0.00000361. The van der Waals surface area contributed by atoms with E-state index in [9.17, 15) is 0 Å². The Hall–Kier alpha value is -0.0400. The maximum Gasteiger partial charge on any atom is 0.195 e. The predicted molar refractivity (Wildman–Crippen MR) is 99.1 cm³/mol. The standard InChI is InChI=1S/C15H32N4.HI/c1-17(2)14(13-10-8-7-9-11-13)12-16-15(18(3)4)19(5)6;/h13-14H,7-12H2,1-6H3;1H. The lowest BCUT2D eigenvalue weighted by Gasteiger charge is -2.34. The number of halogens is 1. The molecule has 1 aliphatic carbocycles. The smallest absolute Gasteiger partial charge is 0.195 e. The summed E-state index contributed by atoms with van der Waals surface area (Å²) in [5.41, 5.74) is 0. The topological polar surface area (TPSA) is 22.1 Å². The second-order valence-electron chi connectivity index (χ2n) is 6.36. The first kappa shape index (κ1) is 20.0. The summed E-state index contributed by atoms with van der Waals surface area (Å²) in [5.74, 6) is 1.88. The van der Waals surface area contributed by atoms with Gasteiger partial charge in [-0.2, -0.15) is 0 Å². The molecule has 1 fully saturated rings. The third-order valence-electron chi connectivity index (χ3n) is 4.08. The van der Waals surface area contributed by atoms with Gasteiger partial charge in [-0.25, -0.2) is 0 Å². The predicted octanol–water partition coefficient (Wildman–Crippen LogP) is 2.59. The van der Waals surface area contributed by atoms with Crippen LogP contribution in [0.5, 0.6) is 0 Å². The van der Waals surface area contributed by atoms with E-state index in [0.29, 0.717) is 6.04 Å². The molecule has 0 amide bonds. The molecule has 0 radical (unpaired) electrons. The van der Waals surface area contributed by atoms with Crippen molar-refractivity contribution >= 4 is 29.9 Å². The van der Waals surface area contributed by atoms with Crippen molar-refractivity contribution < 1.29 is 0 Å². The summed E-state index contributed by atoms with van der Waals surface area (Å²) in [6.45, 7) is 0.906. The van der Waals surface area contributed by atoms with Gasteiger partial charge in [0.25, 0.3) is 0 Å². The normalized spacial score (nSPS) is 17.4. The second kappa shape index (κ2) is 9.82. The Labute approximate surface area is 142 Å². The number of rotatable bonds is 4. The van der Waals surface area contributed by atoms with E-state index < -0.39 is 0 Å². The zero-order chi connectivity index (χ0) is 14.4. The maximum absolute atomic E-state index is 4.85. The SMILES string of the molecule is CN(C)C(=NCC(C1CCCCC1)N(C)C)N(C)C.I. The molecular formula is C15H33IN4. The number of guanidine groups is 1. The van der Waals surface area contributed by atoms with E-state index in [1.54, 1.807) is 0 Å². The fourth-order valence-corrected chi connectivity index (χ4v) is 3.11. The molecule has 5 heteroatoms. The first-order valence-electron chi connectivity index (χ1n) is 7.49. The molecule has 0 aromatic heterocycles. The Morgan fingerprint density at radius 1 is 0.950 bits per heavy atom. The second-order valence-corrected chi connectivity index (χ2v) is 6.36. The highest BCUT2D eigenvalue weighted by molar-refractivity contribution is 14.0. The maximum atomic E-state index is 4.85. The van der Waals surface area contributed by atoms with E-state index >= 15 is 0 Å². The minimum atomic E-state index is 0. The summed E-state index contributed by atoms with van der Waals surface area (Å²) in [4.78, 5) is 11.4. The van der Waals surface area contributed by atoms with Crippen LogP contribution in [0.3, 0.4) is 0 Å². The monoisotopic (exact) mass is 396 g/mol. The van der Waals surface area contributed by atoms with E-state index in [-0.39, 0.29) is 24.0 Å². The van der Waals surface area contributed by atoms with Crippen LogP contribution in [-0.2, 0) is 0 Å². The molecule has 0 heterocycles. The Morgan fingerprint density at radius 3 is 1.85 bits per heavy atom. The van der Waals surface area contributed by atoms with Crippen molar-refractivity contribution in [2.75, 3.05) is 48.8 Å². The van der Waals surface area contributed by atoms with Gasteiger partial charge in [0.2, 0.25) is 0 Å². The van der Waals surface area contributed by atoms with E-state index in [4.69, 9.17) is 4.99 Å². The van der Waals surface area contributed by atoms with Crippen LogP contribution in [0, 0.1) is 5.92 Å². The number of nitrogens with zero attached hydrogens (tertiary/aromatic N) is 4. The van der Waals surface area contributed by atoms with Crippen molar-refractivity contribution in [3.05, 3.63) is 0 Å². The largest absolute Gasteiger partial charge is 0.349 e. The molecule has 0 spiro atoms. The van der Waals surface area contributed by atoms with Gasteiger partial charge >= 0.3 is 0 Å². The summed E-state index contributed by atoms with van der Waals surface area (Å²) in [7, 11) is 12.6. The lowest BCUT2D eigenvalue weighted by molar-refractivity contribution is 0.175. The van der Waals surface area contributed by atoms with Crippen LogP contribution < -0.4 is 0 Å². The van der Waals surface area contributed by atoms with Gasteiger partial charge in [0.15, 0.2) is 5.96 Å². The number of likely N-dealkylation sites (N-methyl/N-ethyl adjacent to an activating group) is 1. The van der Waals surface area contributed by atoms with E-state index in [0.717, 1.165) is 18.4 Å². The molecule has 1 atom stereocenters. The van der Waals surface area contributed by atoms with Crippen LogP contribution in [0.25, 0.3) is 0 Å². The van der Waals surface area contributed by atoms with Gasteiger partial charge in [0.1, 0.15) is 0 Å². The first-order valence-corrected chi connectivity index (χ1v) is 7.49. The molecule has 0 N–H and O–H groups in total. The van der Waals surface area contributed by atoms with Crippen molar-refractivity contribution in [1.29, 1.82) is 0 Å². The third-order valence-corrected chi connectivity index (χ3v) is 4.08. The molecule has 1 saturated carbocycles. The summed E-state index contributed by atoms with van der Waals surface area (Å²) >= 11 is 0. The van der Waals surface area contributed by atoms with Crippen molar-refractivity contribution in [2.45, 2.75) is 38.1 Å². The zero-order valence-electron chi connectivity index (χ0n) is 14.1. The molecule has 120 valence electrons. The lowest BCUT2D eigenvalue weighted by Crippen LogP contribution is -2.41. The average molecular weight is 396 g/mol. The van der Waals surface area contributed by atoms with Crippen molar-refractivity contribution in [1.82, 2.24) is 14.7 Å². The minimum Gasteiger partial charge on any atom is -0.349 e. The van der Waals surface area contributed by atoms with Crippen LogP contribution in [0.1, 0.15) is 32.1 Å². The molecule has 1 rings (SSSR count). The number of hydrogen-bond acceptors (Lipinski definition) is 2. The first-order chi connectivity index (χ1) is 8.93. The van der Waals surface area contributed by atoms with E-state index in [1.165, 1.54) is 32.1 Å². The van der Waals surface area contributed by atoms with Gasteiger partial charge in [-0.15, -0.1) is 24.0 Å². The Bertz CT molecular complexity index is 274. The summed E-state index contributed by atoms with van der Waals surface area (Å²) in [6, 6.07) is 0.579. The molecule has 1 aliphatic rings. The number of hydrogen-bond donors (Lipinski definition) is 0. The van der Waals surface area contributed by atoms with E-state index in [2.05, 4.69) is 57.0 Å². The van der Waals surface area contributed by atoms with Crippen LogP contribution in [0.2, 0.25) is 0 Å².